The minimum Gasteiger partial charge on any atom is -0.385 e. The van der Waals surface area contributed by atoms with Gasteiger partial charge in [-0.05, 0) is 20.5 Å². The summed E-state index contributed by atoms with van der Waals surface area (Å²) in [7, 11) is 7.60. The topological polar surface area (TPSA) is 48.9 Å². The fourth-order valence-corrected chi connectivity index (χ4v) is 1.04. The molecule has 0 fully saturated rings. The lowest BCUT2D eigenvalue weighted by Crippen LogP contribution is -2.40. The number of guanidine groups is 1. The van der Waals surface area contributed by atoms with Crippen molar-refractivity contribution in [2.75, 3.05) is 54.5 Å². The van der Waals surface area contributed by atoms with E-state index in [1.54, 1.807) is 14.2 Å². The molecular formula is C10H24N4O. The molecule has 15 heavy (non-hydrogen) atoms. The van der Waals surface area contributed by atoms with Crippen LogP contribution in [0.1, 0.15) is 6.42 Å². The molecule has 5 heteroatoms. The van der Waals surface area contributed by atoms with Gasteiger partial charge in [-0.1, -0.05) is 0 Å². The van der Waals surface area contributed by atoms with Crippen LogP contribution in [0.4, 0.5) is 0 Å². The third-order valence-corrected chi connectivity index (χ3v) is 1.89. The molecule has 0 rings (SSSR count). The van der Waals surface area contributed by atoms with Crippen molar-refractivity contribution in [3.63, 3.8) is 0 Å². The van der Waals surface area contributed by atoms with Gasteiger partial charge in [0, 0.05) is 40.4 Å². The quantitative estimate of drug-likeness (QED) is 0.350. The highest BCUT2D eigenvalue weighted by Crippen LogP contribution is 1.78. The van der Waals surface area contributed by atoms with Gasteiger partial charge in [0.05, 0.1) is 0 Å². The van der Waals surface area contributed by atoms with E-state index in [0.29, 0.717) is 0 Å². The van der Waals surface area contributed by atoms with Crippen LogP contribution < -0.4 is 10.6 Å². The number of hydrogen-bond acceptors (Lipinski definition) is 3. The van der Waals surface area contributed by atoms with Gasteiger partial charge in [-0.15, -0.1) is 0 Å². The van der Waals surface area contributed by atoms with E-state index in [2.05, 4.69) is 34.6 Å². The third-order valence-electron chi connectivity index (χ3n) is 1.89. The normalized spacial score (nSPS) is 11.9. The van der Waals surface area contributed by atoms with Crippen LogP contribution in [0.25, 0.3) is 0 Å². The molecule has 0 amide bonds. The first-order valence-corrected chi connectivity index (χ1v) is 5.29. The van der Waals surface area contributed by atoms with Crippen molar-refractivity contribution >= 4 is 5.96 Å². The van der Waals surface area contributed by atoms with Crippen LogP contribution in [-0.4, -0.2) is 65.4 Å². The van der Waals surface area contributed by atoms with Gasteiger partial charge in [0.25, 0.3) is 0 Å². The molecule has 0 atom stereocenters. The van der Waals surface area contributed by atoms with Crippen LogP contribution >= 0.6 is 0 Å². The zero-order valence-corrected chi connectivity index (χ0v) is 10.3. The standard InChI is InChI=1S/C10H24N4O/c1-11-10(12-6-5-9-15-4)13-7-8-14(2)3/h5-9H2,1-4H3,(H2,11,12,13). The molecular weight excluding hydrogens is 192 g/mol. The summed E-state index contributed by atoms with van der Waals surface area (Å²) in [5.41, 5.74) is 0. The van der Waals surface area contributed by atoms with Gasteiger partial charge < -0.3 is 20.3 Å². The molecule has 0 heterocycles. The molecule has 0 spiro atoms. The minimum absolute atomic E-state index is 0.779. The second-order valence-electron chi connectivity index (χ2n) is 3.58. The Hall–Kier alpha value is -0.810. The van der Waals surface area contributed by atoms with Crippen molar-refractivity contribution in [2.45, 2.75) is 6.42 Å². The molecule has 0 aliphatic heterocycles. The van der Waals surface area contributed by atoms with E-state index in [-0.39, 0.29) is 0 Å². The lowest BCUT2D eigenvalue weighted by atomic mass is 10.4. The van der Waals surface area contributed by atoms with Crippen molar-refractivity contribution < 1.29 is 4.74 Å². The molecule has 0 aliphatic rings. The fraction of sp³-hybridized carbons (Fsp3) is 0.900. The van der Waals surface area contributed by atoms with Crippen molar-refractivity contribution in [2.24, 2.45) is 4.99 Å². The smallest absolute Gasteiger partial charge is 0.191 e. The monoisotopic (exact) mass is 216 g/mol. The van der Waals surface area contributed by atoms with E-state index in [9.17, 15) is 0 Å². The van der Waals surface area contributed by atoms with Crippen LogP contribution in [-0.2, 0) is 4.74 Å². The Labute approximate surface area is 92.9 Å². The number of aliphatic imine (C=N–C) groups is 1. The fourth-order valence-electron chi connectivity index (χ4n) is 1.04. The summed E-state index contributed by atoms with van der Waals surface area (Å²) in [5, 5.41) is 6.45. The number of nitrogens with zero attached hydrogens (tertiary/aromatic N) is 2. The number of ether oxygens (including phenoxy) is 1. The largest absolute Gasteiger partial charge is 0.385 e. The Balaban J connectivity index is 3.48. The lowest BCUT2D eigenvalue weighted by Gasteiger charge is -2.14. The van der Waals surface area contributed by atoms with Crippen molar-refractivity contribution in [3.05, 3.63) is 0 Å². The second kappa shape index (κ2) is 9.73. The van der Waals surface area contributed by atoms with E-state index in [0.717, 1.165) is 38.6 Å². The Morgan fingerprint density at radius 2 is 1.93 bits per heavy atom. The maximum absolute atomic E-state index is 4.96. The predicted molar refractivity (Wildman–Crippen MR) is 64.4 cm³/mol. The predicted octanol–water partition coefficient (Wildman–Crippen LogP) is -0.250. The number of methoxy groups -OCH3 is 1. The van der Waals surface area contributed by atoms with Gasteiger partial charge >= 0.3 is 0 Å². The highest BCUT2D eigenvalue weighted by Gasteiger charge is 1.96. The van der Waals surface area contributed by atoms with Crippen molar-refractivity contribution in [1.82, 2.24) is 15.5 Å². The van der Waals surface area contributed by atoms with Gasteiger partial charge in [0.2, 0.25) is 0 Å². The average Bonchev–Trinajstić information content (AvgIpc) is 2.21. The first kappa shape index (κ1) is 14.2. The van der Waals surface area contributed by atoms with E-state index >= 15 is 0 Å². The second-order valence-corrected chi connectivity index (χ2v) is 3.58. The zero-order chi connectivity index (χ0) is 11.5. The summed E-state index contributed by atoms with van der Waals surface area (Å²) in [4.78, 5) is 6.25. The molecule has 0 unspecified atom stereocenters. The third kappa shape index (κ3) is 9.49. The van der Waals surface area contributed by atoms with Crippen LogP contribution in [0.3, 0.4) is 0 Å². The Morgan fingerprint density at radius 3 is 2.47 bits per heavy atom. The Kier molecular flexibility index (Phi) is 9.21. The molecule has 0 aromatic rings. The van der Waals surface area contributed by atoms with Gasteiger partial charge in [-0.3, -0.25) is 4.99 Å². The van der Waals surface area contributed by atoms with Gasteiger partial charge in [0.15, 0.2) is 5.96 Å². The molecule has 0 aliphatic carbocycles. The summed E-state index contributed by atoms with van der Waals surface area (Å²) in [6.45, 7) is 3.56. The first-order chi connectivity index (χ1) is 7.20. The first-order valence-electron chi connectivity index (χ1n) is 5.29. The highest BCUT2D eigenvalue weighted by atomic mass is 16.5. The molecule has 0 radical (unpaired) electrons. The Morgan fingerprint density at radius 1 is 1.27 bits per heavy atom. The van der Waals surface area contributed by atoms with Crippen LogP contribution in [0.2, 0.25) is 0 Å². The average molecular weight is 216 g/mol. The SMILES string of the molecule is CN=C(NCCCOC)NCCN(C)C. The molecule has 5 nitrogen and oxygen atoms in total. The molecule has 0 bridgehead atoms. The molecule has 0 aromatic heterocycles. The summed E-state index contributed by atoms with van der Waals surface area (Å²) < 4.78 is 4.96. The highest BCUT2D eigenvalue weighted by molar-refractivity contribution is 5.79. The summed E-state index contributed by atoms with van der Waals surface area (Å²) in [6.07, 6.45) is 0.991. The molecule has 90 valence electrons. The Bertz CT molecular complexity index is 171. The van der Waals surface area contributed by atoms with Crippen molar-refractivity contribution in [1.29, 1.82) is 0 Å². The molecule has 0 saturated heterocycles. The van der Waals surface area contributed by atoms with E-state index in [1.807, 2.05) is 0 Å². The van der Waals surface area contributed by atoms with E-state index in [1.165, 1.54) is 0 Å². The number of nitrogens with one attached hydrogen (secondary N) is 2. The number of likely N-dealkylation sites (N-methyl/N-ethyl adjacent to an activating group) is 1. The van der Waals surface area contributed by atoms with Gasteiger partial charge in [0.1, 0.15) is 0 Å². The number of hydrogen-bond donors (Lipinski definition) is 2. The molecule has 0 saturated carbocycles. The zero-order valence-electron chi connectivity index (χ0n) is 10.3. The van der Waals surface area contributed by atoms with E-state index < -0.39 is 0 Å². The minimum atomic E-state index is 0.779. The van der Waals surface area contributed by atoms with Crippen LogP contribution in [0.15, 0.2) is 4.99 Å². The van der Waals surface area contributed by atoms with Crippen LogP contribution in [0, 0.1) is 0 Å². The van der Waals surface area contributed by atoms with Gasteiger partial charge in [-0.25, -0.2) is 0 Å². The maximum atomic E-state index is 4.96. The maximum Gasteiger partial charge on any atom is 0.191 e. The van der Waals surface area contributed by atoms with Crippen molar-refractivity contribution in [3.8, 4) is 0 Å². The molecule has 0 aromatic carbocycles. The van der Waals surface area contributed by atoms with Crippen LogP contribution in [0.5, 0.6) is 0 Å². The van der Waals surface area contributed by atoms with Gasteiger partial charge in [-0.2, -0.15) is 0 Å². The summed E-state index contributed by atoms with van der Waals surface area (Å²) in [6, 6.07) is 0. The molecule has 2 N–H and O–H groups in total. The van der Waals surface area contributed by atoms with E-state index in [4.69, 9.17) is 4.74 Å². The number of rotatable bonds is 7. The summed E-state index contributed by atoms with van der Waals surface area (Å²) >= 11 is 0. The summed E-state index contributed by atoms with van der Waals surface area (Å²) in [5.74, 6) is 0.855. The lowest BCUT2D eigenvalue weighted by molar-refractivity contribution is 0.195.